The molecule has 4 aromatic rings. The van der Waals surface area contributed by atoms with Crippen LogP contribution < -0.4 is 10.2 Å². The number of fused-ring (bicyclic) bond motifs is 1. The number of rotatable bonds is 6. The van der Waals surface area contributed by atoms with Crippen LogP contribution in [-0.2, 0) is 0 Å². The van der Waals surface area contributed by atoms with E-state index in [2.05, 4.69) is 38.0 Å². The first-order valence-corrected chi connectivity index (χ1v) is 9.66. The fraction of sp³-hybridized carbons (Fsp3) is 0.0952. The second-order valence-corrected chi connectivity index (χ2v) is 6.81. The van der Waals surface area contributed by atoms with Crippen molar-refractivity contribution in [3.63, 3.8) is 0 Å². The molecule has 7 heteroatoms. The summed E-state index contributed by atoms with van der Waals surface area (Å²) in [6.07, 6.45) is 3.18. The molecule has 0 fully saturated rings. The van der Waals surface area contributed by atoms with Gasteiger partial charge in [-0.3, -0.25) is 5.43 Å². The maximum absolute atomic E-state index is 9.80. The number of hydrazone groups is 1. The molecule has 0 aliphatic rings. The van der Waals surface area contributed by atoms with Gasteiger partial charge < -0.3 is 9.84 Å². The van der Waals surface area contributed by atoms with E-state index >= 15 is 0 Å². The highest BCUT2D eigenvalue weighted by molar-refractivity contribution is 7.17. The number of aromatic nitrogens is 2. The molecule has 140 valence electrons. The number of nitrogens with zero attached hydrogens (tertiary/aromatic N) is 3. The molecular weight excluding hydrogens is 372 g/mol. The zero-order chi connectivity index (χ0) is 19.3. The Hall–Kier alpha value is -3.45. The summed E-state index contributed by atoms with van der Waals surface area (Å²) in [5, 5.41) is 17.1. The number of ether oxygens (including phenoxy) is 1. The van der Waals surface area contributed by atoms with Crippen molar-refractivity contribution < 1.29 is 9.84 Å². The van der Waals surface area contributed by atoms with E-state index in [-0.39, 0.29) is 5.75 Å². The molecule has 28 heavy (non-hydrogen) atoms. The van der Waals surface area contributed by atoms with Crippen molar-refractivity contribution in [1.29, 1.82) is 0 Å². The number of thiophene rings is 1. The largest absolute Gasteiger partial charge is 0.504 e. The molecule has 0 unspecified atom stereocenters. The molecule has 0 aliphatic carbocycles. The van der Waals surface area contributed by atoms with Crippen molar-refractivity contribution in [2.45, 2.75) is 6.92 Å². The lowest BCUT2D eigenvalue weighted by atomic mass is 10.1. The number of benzene rings is 2. The SMILES string of the molecule is CCOc1cc(/C=N/Nc2ncnc3scc(-c4ccccc4)c23)ccc1O. The maximum atomic E-state index is 9.80. The molecule has 0 saturated carbocycles. The number of hydrogen-bond acceptors (Lipinski definition) is 7. The van der Waals surface area contributed by atoms with E-state index in [0.29, 0.717) is 18.2 Å². The van der Waals surface area contributed by atoms with Gasteiger partial charge in [-0.25, -0.2) is 9.97 Å². The molecule has 0 radical (unpaired) electrons. The van der Waals surface area contributed by atoms with Crippen molar-refractivity contribution in [3.8, 4) is 22.6 Å². The third-order valence-electron chi connectivity index (χ3n) is 4.12. The summed E-state index contributed by atoms with van der Waals surface area (Å²) in [5.41, 5.74) is 6.00. The molecule has 2 aromatic carbocycles. The lowest BCUT2D eigenvalue weighted by Gasteiger charge is -2.06. The second-order valence-electron chi connectivity index (χ2n) is 5.95. The Morgan fingerprint density at radius 3 is 2.86 bits per heavy atom. The van der Waals surface area contributed by atoms with Crippen molar-refractivity contribution >= 4 is 33.6 Å². The van der Waals surface area contributed by atoms with Gasteiger partial charge in [0.1, 0.15) is 11.2 Å². The summed E-state index contributed by atoms with van der Waals surface area (Å²) in [6, 6.07) is 15.2. The van der Waals surface area contributed by atoms with Crippen LogP contribution in [-0.4, -0.2) is 27.9 Å². The van der Waals surface area contributed by atoms with Crippen molar-refractivity contribution in [1.82, 2.24) is 9.97 Å². The maximum Gasteiger partial charge on any atom is 0.161 e. The van der Waals surface area contributed by atoms with Crippen LogP contribution in [0.15, 0.2) is 65.3 Å². The molecule has 0 saturated heterocycles. The van der Waals surface area contributed by atoms with Crippen molar-refractivity contribution in [2.75, 3.05) is 12.0 Å². The molecule has 2 heterocycles. The first kappa shape index (κ1) is 17.9. The fourth-order valence-electron chi connectivity index (χ4n) is 2.84. The zero-order valence-corrected chi connectivity index (χ0v) is 16.0. The highest BCUT2D eigenvalue weighted by atomic mass is 32.1. The topological polar surface area (TPSA) is 79.6 Å². The third-order valence-corrected chi connectivity index (χ3v) is 5.01. The van der Waals surface area contributed by atoms with Crippen LogP contribution in [0.1, 0.15) is 12.5 Å². The lowest BCUT2D eigenvalue weighted by molar-refractivity contribution is 0.318. The van der Waals surface area contributed by atoms with E-state index in [1.165, 1.54) is 6.33 Å². The smallest absolute Gasteiger partial charge is 0.161 e. The Morgan fingerprint density at radius 2 is 2.04 bits per heavy atom. The van der Waals surface area contributed by atoms with E-state index in [1.807, 2.05) is 25.1 Å². The van der Waals surface area contributed by atoms with Gasteiger partial charge in [0.15, 0.2) is 17.3 Å². The minimum atomic E-state index is 0.107. The van der Waals surface area contributed by atoms with Crippen LogP contribution in [0, 0.1) is 0 Å². The Labute approximate surface area is 166 Å². The van der Waals surface area contributed by atoms with Crippen molar-refractivity contribution in [3.05, 3.63) is 65.8 Å². The molecule has 2 aromatic heterocycles. The molecule has 0 amide bonds. The van der Waals surface area contributed by atoms with Gasteiger partial charge in [0, 0.05) is 10.9 Å². The van der Waals surface area contributed by atoms with Crippen LogP contribution in [0.25, 0.3) is 21.3 Å². The average molecular weight is 390 g/mol. The minimum absolute atomic E-state index is 0.107. The van der Waals surface area contributed by atoms with Gasteiger partial charge in [-0.05, 0) is 36.2 Å². The Balaban J connectivity index is 1.63. The summed E-state index contributed by atoms with van der Waals surface area (Å²) in [4.78, 5) is 9.63. The fourth-order valence-corrected chi connectivity index (χ4v) is 3.76. The predicted octanol–water partition coefficient (Wildman–Crippen LogP) is 4.91. The summed E-state index contributed by atoms with van der Waals surface area (Å²) >= 11 is 1.57. The van der Waals surface area contributed by atoms with E-state index in [4.69, 9.17) is 4.74 Å². The molecule has 6 nitrogen and oxygen atoms in total. The van der Waals surface area contributed by atoms with E-state index in [1.54, 1.807) is 35.8 Å². The first-order valence-electron chi connectivity index (χ1n) is 8.78. The van der Waals surface area contributed by atoms with Crippen molar-refractivity contribution in [2.24, 2.45) is 5.10 Å². The summed E-state index contributed by atoms with van der Waals surface area (Å²) < 4.78 is 5.40. The number of phenolic OH excluding ortho intramolecular Hbond substituents is 1. The highest BCUT2D eigenvalue weighted by Crippen LogP contribution is 2.36. The standard InChI is InChI=1S/C21H18N4O2S/c1-2-27-18-10-14(8-9-17(18)26)11-24-25-20-19-16(15-6-4-3-5-7-15)12-28-21(19)23-13-22-20/h3-13,26H,2H2,1H3,(H,22,23,25)/b24-11+. The van der Waals surface area contributed by atoms with Gasteiger partial charge in [-0.1, -0.05) is 30.3 Å². The van der Waals surface area contributed by atoms with E-state index in [0.717, 1.165) is 26.9 Å². The molecule has 0 bridgehead atoms. The third kappa shape index (κ3) is 3.65. The number of phenols is 1. The quantitative estimate of drug-likeness (QED) is 0.361. The van der Waals surface area contributed by atoms with Gasteiger partial charge in [0.05, 0.1) is 18.2 Å². The van der Waals surface area contributed by atoms with Gasteiger partial charge in [-0.15, -0.1) is 11.3 Å². The molecule has 0 atom stereocenters. The monoisotopic (exact) mass is 390 g/mol. The van der Waals surface area contributed by atoms with Gasteiger partial charge in [-0.2, -0.15) is 5.10 Å². The van der Waals surface area contributed by atoms with Crippen LogP contribution in [0.4, 0.5) is 5.82 Å². The predicted molar refractivity (Wildman–Crippen MR) is 113 cm³/mol. The summed E-state index contributed by atoms with van der Waals surface area (Å²) in [7, 11) is 0. The molecule has 2 N–H and O–H groups in total. The minimum Gasteiger partial charge on any atom is -0.504 e. The summed E-state index contributed by atoms with van der Waals surface area (Å²) in [6.45, 7) is 2.35. The van der Waals surface area contributed by atoms with E-state index in [9.17, 15) is 5.11 Å². The van der Waals surface area contributed by atoms with Gasteiger partial charge in [0.25, 0.3) is 0 Å². The Kier molecular flexibility index (Phi) is 5.16. The zero-order valence-electron chi connectivity index (χ0n) is 15.2. The molecule has 4 rings (SSSR count). The molecular formula is C21H18N4O2S. The van der Waals surface area contributed by atoms with E-state index < -0.39 is 0 Å². The van der Waals surface area contributed by atoms with Crippen LogP contribution in [0.3, 0.4) is 0 Å². The Bertz CT molecular complexity index is 1130. The number of anilines is 1. The lowest BCUT2D eigenvalue weighted by Crippen LogP contribution is -1.96. The first-order chi connectivity index (χ1) is 13.8. The number of nitrogens with one attached hydrogen (secondary N) is 1. The van der Waals surface area contributed by atoms with Gasteiger partial charge >= 0.3 is 0 Å². The van der Waals surface area contributed by atoms with Crippen LogP contribution in [0.5, 0.6) is 11.5 Å². The van der Waals surface area contributed by atoms with Gasteiger partial charge in [0.2, 0.25) is 0 Å². The second kappa shape index (κ2) is 8.06. The highest BCUT2D eigenvalue weighted by Gasteiger charge is 2.12. The van der Waals surface area contributed by atoms with Crippen LogP contribution in [0.2, 0.25) is 0 Å². The normalized spacial score (nSPS) is 11.2. The molecule has 0 aliphatic heterocycles. The summed E-state index contributed by atoms with van der Waals surface area (Å²) in [5.74, 6) is 1.18. The number of hydrogen-bond donors (Lipinski definition) is 2. The molecule has 0 spiro atoms. The number of aromatic hydroxyl groups is 1. The van der Waals surface area contributed by atoms with Crippen LogP contribution >= 0.6 is 11.3 Å². The average Bonchev–Trinajstić information content (AvgIpc) is 3.16. The Morgan fingerprint density at radius 1 is 1.18 bits per heavy atom.